The summed E-state index contributed by atoms with van der Waals surface area (Å²) in [6.07, 6.45) is 1.11. The standard InChI is InChI=1S/C15H24N2O/c1-5-11(2)12(3)16-13(4)15(18)17-14-9-7-6-8-10-14/h6-13,16H,5H2,1-4H3,(H,17,18). The molecule has 0 aromatic heterocycles. The van der Waals surface area contributed by atoms with E-state index in [4.69, 9.17) is 0 Å². The van der Waals surface area contributed by atoms with Crippen LogP contribution in [-0.2, 0) is 4.79 Å². The fourth-order valence-corrected chi connectivity index (χ4v) is 1.76. The van der Waals surface area contributed by atoms with Gasteiger partial charge in [0.2, 0.25) is 5.91 Å². The van der Waals surface area contributed by atoms with Gasteiger partial charge in [0.1, 0.15) is 0 Å². The lowest BCUT2D eigenvalue weighted by atomic mass is 10.00. The number of rotatable bonds is 6. The van der Waals surface area contributed by atoms with Gasteiger partial charge in [-0.25, -0.2) is 0 Å². The third-order valence-corrected chi connectivity index (χ3v) is 3.45. The van der Waals surface area contributed by atoms with Crippen molar-refractivity contribution in [3.8, 4) is 0 Å². The van der Waals surface area contributed by atoms with Crippen LogP contribution < -0.4 is 10.6 Å². The molecule has 1 rings (SSSR count). The number of nitrogens with one attached hydrogen (secondary N) is 2. The lowest BCUT2D eigenvalue weighted by Crippen LogP contribution is -2.45. The van der Waals surface area contributed by atoms with Crippen molar-refractivity contribution in [1.82, 2.24) is 5.32 Å². The molecule has 0 saturated carbocycles. The highest BCUT2D eigenvalue weighted by Crippen LogP contribution is 2.09. The summed E-state index contributed by atoms with van der Waals surface area (Å²) in [6.45, 7) is 8.38. The van der Waals surface area contributed by atoms with E-state index in [1.165, 1.54) is 0 Å². The molecule has 0 radical (unpaired) electrons. The molecule has 0 saturated heterocycles. The molecule has 3 atom stereocenters. The van der Waals surface area contributed by atoms with Crippen LogP contribution in [-0.4, -0.2) is 18.0 Å². The van der Waals surface area contributed by atoms with E-state index >= 15 is 0 Å². The van der Waals surface area contributed by atoms with Crippen LogP contribution in [0, 0.1) is 5.92 Å². The van der Waals surface area contributed by atoms with E-state index in [0.29, 0.717) is 12.0 Å². The number of hydrogen-bond donors (Lipinski definition) is 2. The van der Waals surface area contributed by atoms with E-state index in [1.807, 2.05) is 37.3 Å². The van der Waals surface area contributed by atoms with Gasteiger partial charge in [-0.2, -0.15) is 0 Å². The molecule has 18 heavy (non-hydrogen) atoms. The maximum atomic E-state index is 12.0. The SMILES string of the molecule is CCC(C)C(C)NC(C)C(=O)Nc1ccccc1. The van der Waals surface area contributed by atoms with Gasteiger partial charge in [-0.1, -0.05) is 38.5 Å². The van der Waals surface area contributed by atoms with Gasteiger partial charge in [-0.15, -0.1) is 0 Å². The Hall–Kier alpha value is -1.35. The van der Waals surface area contributed by atoms with Crippen molar-refractivity contribution in [2.45, 2.75) is 46.2 Å². The van der Waals surface area contributed by atoms with Gasteiger partial charge in [-0.05, 0) is 31.9 Å². The fraction of sp³-hybridized carbons (Fsp3) is 0.533. The fourth-order valence-electron chi connectivity index (χ4n) is 1.76. The third kappa shape index (κ3) is 4.49. The largest absolute Gasteiger partial charge is 0.325 e. The zero-order chi connectivity index (χ0) is 13.5. The van der Waals surface area contributed by atoms with Crippen LogP contribution in [0.5, 0.6) is 0 Å². The first kappa shape index (κ1) is 14.7. The van der Waals surface area contributed by atoms with Gasteiger partial charge in [0.15, 0.2) is 0 Å². The summed E-state index contributed by atoms with van der Waals surface area (Å²) < 4.78 is 0. The Labute approximate surface area is 110 Å². The highest BCUT2D eigenvalue weighted by molar-refractivity contribution is 5.94. The van der Waals surface area contributed by atoms with Crippen molar-refractivity contribution in [2.75, 3.05) is 5.32 Å². The van der Waals surface area contributed by atoms with Gasteiger partial charge >= 0.3 is 0 Å². The minimum Gasteiger partial charge on any atom is -0.325 e. The van der Waals surface area contributed by atoms with Gasteiger partial charge < -0.3 is 10.6 Å². The normalized spacial score (nSPS) is 15.8. The first-order chi connectivity index (χ1) is 8.54. The number of carbonyl (C=O) groups is 1. The number of hydrogen-bond acceptors (Lipinski definition) is 2. The summed E-state index contributed by atoms with van der Waals surface area (Å²) in [6, 6.07) is 9.69. The monoisotopic (exact) mass is 248 g/mol. The third-order valence-electron chi connectivity index (χ3n) is 3.45. The molecule has 2 N–H and O–H groups in total. The Balaban J connectivity index is 2.47. The van der Waals surface area contributed by atoms with Crippen molar-refractivity contribution in [1.29, 1.82) is 0 Å². The molecule has 0 bridgehead atoms. The molecule has 0 aliphatic heterocycles. The summed E-state index contributed by atoms with van der Waals surface area (Å²) in [5, 5.41) is 6.24. The quantitative estimate of drug-likeness (QED) is 0.812. The Morgan fingerprint density at radius 2 is 1.78 bits per heavy atom. The van der Waals surface area contributed by atoms with Gasteiger partial charge in [0.05, 0.1) is 6.04 Å². The zero-order valence-corrected chi connectivity index (χ0v) is 11.7. The number of para-hydroxylation sites is 1. The summed E-state index contributed by atoms with van der Waals surface area (Å²) in [7, 11) is 0. The molecule has 0 aliphatic carbocycles. The molecule has 0 aliphatic rings. The van der Waals surface area contributed by atoms with Crippen LogP contribution in [0.1, 0.15) is 34.1 Å². The number of amides is 1. The highest BCUT2D eigenvalue weighted by atomic mass is 16.2. The van der Waals surface area contributed by atoms with E-state index in [1.54, 1.807) is 0 Å². The zero-order valence-electron chi connectivity index (χ0n) is 11.7. The van der Waals surface area contributed by atoms with Crippen LogP contribution in [0.4, 0.5) is 5.69 Å². The maximum Gasteiger partial charge on any atom is 0.241 e. The Morgan fingerprint density at radius 3 is 2.33 bits per heavy atom. The highest BCUT2D eigenvalue weighted by Gasteiger charge is 2.18. The second-order valence-electron chi connectivity index (χ2n) is 4.92. The van der Waals surface area contributed by atoms with Crippen LogP contribution in [0.25, 0.3) is 0 Å². The molecule has 0 spiro atoms. The summed E-state index contributed by atoms with van der Waals surface area (Å²) in [5.74, 6) is 0.577. The van der Waals surface area contributed by atoms with Gasteiger partial charge in [-0.3, -0.25) is 4.79 Å². The van der Waals surface area contributed by atoms with Crippen molar-refractivity contribution in [2.24, 2.45) is 5.92 Å². The topological polar surface area (TPSA) is 41.1 Å². The van der Waals surface area contributed by atoms with Crippen molar-refractivity contribution >= 4 is 11.6 Å². The minimum atomic E-state index is -0.186. The predicted octanol–water partition coefficient (Wildman–Crippen LogP) is 3.04. The van der Waals surface area contributed by atoms with E-state index in [-0.39, 0.29) is 11.9 Å². The molecule has 1 aromatic rings. The molecule has 3 nitrogen and oxygen atoms in total. The Morgan fingerprint density at radius 1 is 1.17 bits per heavy atom. The summed E-state index contributed by atoms with van der Waals surface area (Å²) in [5.41, 5.74) is 0.840. The molecular formula is C15H24N2O. The molecule has 0 fully saturated rings. The summed E-state index contributed by atoms with van der Waals surface area (Å²) >= 11 is 0. The van der Waals surface area contributed by atoms with Crippen LogP contribution in [0.15, 0.2) is 30.3 Å². The second-order valence-corrected chi connectivity index (χ2v) is 4.92. The predicted molar refractivity (Wildman–Crippen MR) is 76.6 cm³/mol. The van der Waals surface area contributed by atoms with E-state index < -0.39 is 0 Å². The van der Waals surface area contributed by atoms with Crippen LogP contribution >= 0.6 is 0 Å². The average Bonchev–Trinajstić information content (AvgIpc) is 2.38. The molecule has 3 heteroatoms. The van der Waals surface area contributed by atoms with Crippen molar-refractivity contribution in [3.63, 3.8) is 0 Å². The number of anilines is 1. The van der Waals surface area contributed by atoms with Crippen LogP contribution in [0.3, 0.4) is 0 Å². The van der Waals surface area contributed by atoms with Crippen LogP contribution in [0.2, 0.25) is 0 Å². The molecule has 0 heterocycles. The van der Waals surface area contributed by atoms with E-state index in [0.717, 1.165) is 12.1 Å². The summed E-state index contributed by atoms with van der Waals surface area (Å²) in [4.78, 5) is 12.0. The number of carbonyl (C=O) groups excluding carboxylic acids is 1. The van der Waals surface area contributed by atoms with Gasteiger partial charge in [0.25, 0.3) is 0 Å². The van der Waals surface area contributed by atoms with E-state index in [9.17, 15) is 4.79 Å². The first-order valence-electron chi connectivity index (χ1n) is 6.66. The smallest absolute Gasteiger partial charge is 0.241 e. The first-order valence-corrected chi connectivity index (χ1v) is 6.66. The number of benzene rings is 1. The van der Waals surface area contributed by atoms with E-state index in [2.05, 4.69) is 31.4 Å². The second kappa shape index (κ2) is 7.17. The molecule has 100 valence electrons. The average molecular weight is 248 g/mol. The lowest BCUT2D eigenvalue weighted by molar-refractivity contribution is -0.118. The Kier molecular flexibility index (Phi) is 5.86. The van der Waals surface area contributed by atoms with Crippen molar-refractivity contribution < 1.29 is 4.79 Å². The molecular weight excluding hydrogens is 224 g/mol. The van der Waals surface area contributed by atoms with Crippen molar-refractivity contribution in [3.05, 3.63) is 30.3 Å². The Bertz CT molecular complexity index is 364. The molecule has 3 unspecified atom stereocenters. The molecule has 1 amide bonds. The lowest BCUT2D eigenvalue weighted by Gasteiger charge is -2.24. The minimum absolute atomic E-state index is 0.0105. The maximum absolute atomic E-state index is 12.0. The van der Waals surface area contributed by atoms with Gasteiger partial charge in [0, 0.05) is 11.7 Å². The molecule has 1 aromatic carbocycles.